The molecule has 3 N–H and O–H groups in total. The second-order valence-electron chi connectivity index (χ2n) is 5.77. The summed E-state index contributed by atoms with van der Waals surface area (Å²) in [7, 11) is 1.84. The summed E-state index contributed by atoms with van der Waals surface area (Å²) in [6.45, 7) is 0.454. The lowest BCUT2D eigenvalue weighted by Crippen LogP contribution is -2.39. The highest BCUT2D eigenvalue weighted by atomic mass is 35.5. The summed E-state index contributed by atoms with van der Waals surface area (Å²) >= 11 is 5.97. The molecule has 0 saturated carbocycles. The predicted octanol–water partition coefficient (Wildman–Crippen LogP) is 3.27. The lowest BCUT2D eigenvalue weighted by molar-refractivity contribution is 0.0740. The van der Waals surface area contributed by atoms with Gasteiger partial charge in [0.2, 0.25) is 0 Å². The van der Waals surface area contributed by atoms with E-state index in [9.17, 15) is 5.11 Å². The Morgan fingerprint density at radius 1 is 1.26 bits per heavy atom. The van der Waals surface area contributed by atoms with Crippen LogP contribution < -0.4 is 5.32 Å². The van der Waals surface area contributed by atoms with Gasteiger partial charge in [0.25, 0.3) is 0 Å². The minimum absolute atomic E-state index is 0.454. The van der Waals surface area contributed by atoms with Crippen LogP contribution in [0.1, 0.15) is 24.0 Å². The van der Waals surface area contributed by atoms with Gasteiger partial charge in [0.1, 0.15) is 5.60 Å². The third-order valence-electron chi connectivity index (χ3n) is 4.30. The van der Waals surface area contributed by atoms with Crippen LogP contribution in [0.25, 0.3) is 5.57 Å². The molecule has 2 aromatic rings. The first-order chi connectivity index (χ1) is 11.1. The smallest absolute Gasteiger partial charge is 0.123 e. The van der Waals surface area contributed by atoms with Crippen molar-refractivity contribution in [2.45, 2.75) is 18.4 Å². The van der Waals surface area contributed by atoms with Crippen molar-refractivity contribution >= 4 is 17.2 Å². The zero-order valence-corrected chi connectivity index (χ0v) is 13.8. The maximum atomic E-state index is 11.3. The molecule has 4 nitrogen and oxygen atoms in total. The van der Waals surface area contributed by atoms with Crippen molar-refractivity contribution in [3.8, 4) is 0 Å². The molecule has 3 rings (SSSR count). The highest BCUT2D eigenvalue weighted by molar-refractivity contribution is 6.30. The molecule has 0 saturated heterocycles. The van der Waals surface area contributed by atoms with Gasteiger partial charge in [0.05, 0.1) is 6.20 Å². The van der Waals surface area contributed by atoms with Gasteiger partial charge in [-0.25, -0.2) is 0 Å². The molecule has 1 atom stereocenters. The van der Waals surface area contributed by atoms with Crippen LogP contribution in [0.5, 0.6) is 0 Å². The van der Waals surface area contributed by atoms with Crippen molar-refractivity contribution in [3.63, 3.8) is 0 Å². The minimum atomic E-state index is -1.03. The van der Waals surface area contributed by atoms with Gasteiger partial charge >= 0.3 is 0 Å². The normalized spacial score (nSPS) is 17.3. The Balaban J connectivity index is 1.94. The molecule has 0 radical (unpaired) electrons. The van der Waals surface area contributed by atoms with Gasteiger partial charge in [-0.1, -0.05) is 35.9 Å². The molecule has 1 aromatic heterocycles. The lowest BCUT2D eigenvalue weighted by atomic mass is 9.80. The molecule has 23 heavy (non-hydrogen) atoms. The fraction of sp³-hybridized carbons (Fsp3) is 0.278. The van der Waals surface area contributed by atoms with E-state index in [2.05, 4.69) is 21.6 Å². The Morgan fingerprint density at radius 3 is 2.61 bits per heavy atom. The SMILES string of the molecule is CNCC(O)(C1=CC=C(c2cn[nH]c2)CC1)c1ccc(Cl)cc1. The number of nitrogens with one attached hydrogen (secondary N) is 2. The van der Waals surface area contributed by atoms with Gasteiger partial charge in [0, 0.05) is 23.3 Å². The fourth-order valence-electron chi connectivity index (χ4n) is 3.03. The Bertz CT molecular complexity index is 719. The number of likely N-dealkylation sites (N-methyl/N-ethyl adjacent to an activating group) is 1. The van der Waals surface area contributed by atoms with E-state index in [0.717, 1.165) is 29.5 Å². The molecule has 0 fully saturated rings. The van der Waals surface area contributed by atoms with Crippen molar-refractivity contribution in [2.75, 3.05) is 13.6 Å². The number of allylic oxidation sites excluding steroid dienone is 3. The molecule has 0 aliphatic heterocycles. The number of hydrogen-bond acceptors (Lipinski definition) is 3. The summed E-state index contributed by atoms with van der Waals surface area (Å²) < 4.78 is 0. The van der Waals surface area contributed by atoms with E-state index in [4.69, 9.17) is 11.6 Å². The van der Waals surface area contributed by atoms with Crippen LogP contribution >= 0.6 is 11.6 Å². The van der Waals surface area contributed by atoms with Gasteiger partial charge in [-0.2, -0.15) is 5.10 Å². The van der Waals surface area contributed by atoms with Gasteiger partial charge in [-0.05, 0) is 48.7 Å². The molecule has 0 amide bonds. The van der Waals surface area contributed by atoms with Crippen LogP contribution in [0, 0.1) is 0 Å². The zero-order valence-electron chi connectivity index (χ0n) is 13.0. The topological polar surface area (TPSA) is 60.9 Å². The van der Waals surface area contributed by atoms with Crippen molar-refractivity contribution in [2.24, 2.45) is 0 Å². The molecule has 1 unspecified atom stereocenters. The number of benzene rings is 1. The molecule has 0 bridgehead atoms. The quantitative estimate of drug-likeness (QED) is 0.789. The maximum absolute atomic E-state index is 11.3. The second-order valence-corrected chi connectivity index (χ2v) is 6.20. The summed E-state index contributed by atoms with van der Waals surface area (Å²) in [6.07, 6.45) is 9.49. The number of rotatable bonds is 5. The van der Waals surface area contributed by atoms with E-state index < -0.39 is 5.60 Å². The van der Waals surface area contributed by atoms with Crippen LogP contribution in [0.2, 0.25) is 5.02 Å². The first-order valence-electron chi connectivity index (χ1n) is 7.66. The van der Waals surface area contributed by atoms with Crippen molar-refractivity contribution in [3.05, 3.63) is 70.5 Å². The van der Waals surface area contributed by atoms with Crippen LogP contribution in [-0.2, 0) is 5.60 Å². The third-order valence-corrected chi connectivity index (χ3v) is 4.56. The standard InChI is InChI=1S/C18H20ClN3O/c1-20-12-18(23,16-6-8-17(19)9-7-16)15-4-2-13(3-5-15)14-10-21-22-11-14/h2,4,6-11,20,23H,3,5,12H2,1H3,(H,21,22). The molecule has 1 aliphatic rings. The van der Waals surface area contributed by atoms with Crippen molar-refractivity contribution in [1.29, 1.82) is 0 Å². The van der Waals surface area contributed by atoms with Crippen LogP contribution in [-0.4, -0.2) is 28.9 Å². The van der Waals surface area contributed by atoms with E-state index in [0.29, 0.717) is 11.6 Å². The van der Waals surface area contributed by atoms with Gasteiger partial charge in [0.15, 0.2) is 0 Å². The molecule has 1 aliphatic carbocycles. The first kappa shape index (κ1) is 16.0. The average Bonchev–Trinajstić information content (AvgIpc) is 3.10. The number of aliphatic hydroxyl groups is 1. The van der Waals surface area contributed by atoms with Gasteiger partial charge < -0.3 is 10.4 Å². The predicted molar refractivity (Wildman–Crippen MR) is 93.2 cm³/mol. The third kappa shape index (κ3) is 3.24. The maximum Gasteiger partial charge on any atom is 0.123 e. The van der Waals surface area contributed by atoms with Gasteiger partial charge in [-0.3, -0.25) is 5.10 Å². The highest BCUT2D eigenvalue weighted by Crippen LogP contribution is 2.37. The average molecular weight is 330 g/mol. The van der Waals surface area contributed by atoms with Crippen molar-refractivity contribution < 1.29 is 5.11 Å². The summed E-state index contributed by atoms with van der Waals surface area (Å²) in [5.74, 6) is 0. The number of aromatic nitrogens is 2. The van der Waals surface area contributed by atoms with Crippen LogP contribution in [0.4, 0.5) is 0 Å². The monoisotopic (exact) mass is 329 g/mol. The molecule has 120 valence electrons. The molecule has 1 heterocycles. The Hall–Kier alpha value is -1.88. The summed E-state index contributed by atoms with van der Waals surface area (Å²) in [5, 5.41) is 21.9. The highest BCUT2D eigenvalue weighted by Gasteiger charge is 2.33. The Labute approximate surface area is 140 Å². The molecule has 5 heteroatoms. The van der Waals surface area contributed by atoms with Crippen LogP contribution in [0.15, 0.2) is 54.4 Å². The molecule has 1 aromatic carbocycles. The zero-order chi connectivity index (χ0) is 16.3. The van der Waals surface area contributed by atoms with Gasteiger partial charge in [-0.15, -0.1) is 0 Å². The second kappa shape index (κ2) is 6.71. The number of nitrogens with zero attached hydrogens (tertiary/aromatic N) is 1. The Morgan fingerprint density at radius 2 is 2.04 bits per heavy atom. The van der Waals surface area contributed by atoms with E-state index in [1.165, 1.54) is 5.57 Å². The molecular weight excluding hydrogens is 310 g/mol. The number of halogens is 1. The van der Waals surface area contributed by atoms with E-state index >= 15 is 0 Å². The lowest BCUT2D eigenvalue weighted by Gasteiger charge is -2.33. The van der Waals surface area contributed by atoms with E-state index in [-0.39, 0.29) is 0 Å². The van der Waals surface area contributed by atoms with Crippen LogP contribution in [0.3, 0.4) is 0 Å². The van der Waals surface area contributed by atoms with E-state index in [1.54, 1.807) is 0 Å². The minimum Gasteiger partial charge on any atom is -0.379 e. The Kier molecular flexibility index (Phi) is 4.66. The van der Waals surface area contributed by atoms with E-state index in [1.807, 2.05) is 49.8 Å². The summed E-state index contributed by atoms with van der Waals surface area (Å²) in [5.41, 5.74) is 3.15. The fourth-order valence-corrected chi connectivity index (χ4v) is 3.16. The number of aromatic amines is 1. The summed E-state index contributed by atoms with van der Waals surface area (Å²) in [6, 6.07) is 7.40. The van der Waals surface area contributed by atoms with Crippen molar-refractivity contribution in [1.82, 2.24) is 15.5 Å². The number of hydrogen-bond donors (Lipinski definition) is 3. The summed E-state index contributed by atoms with van der Waals surface area (Å²) in [4.78, 5) is 0. The molecule has 0 spiro atoms. The number of H-pyrrole nitrogens is 1. The molecular formula is C18H20ClN3O. The largest absolute Gasteiger partial charge is 0.379 e. The first-order valence-corrected chi connectivity index (χ1v) is 8.03.